The van der Waals surface area contributed by atoms with E-state index in [9.17, 15) is 15.0 Å². The number of anilines is 1. The lowest BCUT2D eigenvalue weighted by molar-refractivity contribution is 0.0586. The Labute approximate surface area is 119 Å². The fourth-order valence-corrected chi connectivity index (χ4v) is 2.83. The van der Waals surface area contributed by atoms with Crippen LogP contribution in [0, 0.1) is 0 Å². The minimum Gasteiger partial charge on any atom is -0.508 e. The van der Waals surface area contributed by atoms with Gasteiger partial charge in [-0.3, -0.25) is 4.79 Å². The van der Waals surface area contributed by atoms with Gasteiger partial charge < -0.3 is 20.8 Å². The summed E-state index contributed by atoms with van der Waals surface area (Å²) in [6.07, 6.45) is 5.34. The van der Waals surface area contributed by atoms with E-state index in [2.05, 4.69) is 0 Å². The molecule has 1 aliphatic rings. The van der Waals surface area contributed by atoms with E-state index in [4.69, 9.17) is 5.73 Å². The van der Waals surface area contributed by atoms with Gasteiger partial charge in [0.25, 0.3) is 5.91 Å². The molecule has 0 saturated heterocycles. The van der Waals surface area contributed by atoms with Crippen molar-refractivity contribution in [1.29, 1.82) is 0 Å². The van der Waals surface area contributed by atoms with Crippen molar-refractivity contribution in [2.24, 2.45) is 0 Å². The molecule has 110 valence electrons. The van der Waals surface area contributed by atoms with Crippen LogP contribution in [-0.2, 0) is 0 Å². The van der Waals surface area contributed by atoms with Gasteiger partial charge in [0.15, 0.2) is 0 Å². The van der Waals surface area contributed by atoms with Crippen LogP contribution in [0.1, 0.15) is 42.5 Å². The summed E-state index contributed by atoms with van der Waals surface area (Å²) in [5.74, 6) is -0.186. The lowest BCUT2D eigenvalue weighted by Gasteiger charge is -2.34. The second kappa shape index (κ2) is 6.61. The molecule has 0 unspecified atom stereocenters. The average molecular weight is 278 g/mol. The second-order valence-electron chi connectivity index (χ2n) is 5.29. The van der Waals surface area contributed by atoms with Crippen molar-refractivity contribution in [3.8, 4) is 5.75 Å². The van der Waals surface area contributed by atoms with Gasteiger partial charge in [-0.05, 0) is 31.0 Å². The van der Waals surface area contributed by atoms with E-state index in [0.717, 1.165) is 25.7 Å². The number of hydrogen-bond donors (Lipinski definition) is 3. The number of carbonyl (C=O) groups is 1. The van der Waals surface area contributed by atoms with Gasteiger partial charge in [-0.2, -0.15) is 0 Å². The lowest BCUT2D eigenvalue weighted by atomic mass is 9.93. The maximum absolute atomic E-state index is 12.6. The van der Waals surface area contributed by atoms with Crippen molar-refractivity contribution in [3.05, 3.63) is 23.8 Å². The van der Waals surface area contributed by atoms with Gasteiger partial charge in [-0.25, -0.2) is 0 Å². The molecule has 20 heavy (non-hydrogen) atoms. The van der Waals surface area contributed by atoms with Crippen LogP contribution >= 0.6 is 0 Å². The molecule has 5 nitrogen and oxygen atoms in total. The number of rotatable bonds is 4. The molecule has 0 aliphatic heterocycles. The Morgan fingerprint density at radius 3 is 2.65 bits per heavy atom. The SMILES string of the molecule is Nc1ccc(O)cc1C(=O)N(CCO)C1CCCCC1. The molecule has 1 fully saturated rings. The predicted molar refractivity (Wildman–Crippen MR) is 77.5 cm³/mol. The average Bonchev–Trinajstić information content (AvgIpc) is 2.47. The number of amides is 1. The molecule has 0 bridgehead atoms. The fraction of sp³-hybridized carbons (Fsp3) is 0.533. The third-order valence-corrected chi connectivity index (χ3v) is 3.88. The van der Waals surface area contributed by atoms with Gasteiger partial charge in [-0.1, -0.05) is 19.3 Å². The zero-order valence-corrected chi connectivity index (χ0v) is 11.6. The van der Waals surface area contributed by atoms with Crippen LogP contribution in [0.3, 0.4) is 0 Å². The molecule has 1 aliphatic carbocycles. The van der Waals surface area contributed by atoms with Gasteiger partial charge in [0.1, 0.15) is 5.75 Å². The number of nitrogen functional groups attached to an aromatic ring is 1. The van der Waals surface area contributed by atoms with Crippen molar-refractivity contribution in [1.82, 2.24) is 4.90 Å². The van der Waals surface area contributed by atoms with Gasteiger partial charge in [0, 0.05) is 18.3 Å². The largest absolute Gasteiger partial charge is 0.508 e. The van der Waals surface area contributed by atoms with Crippen LogP contribution in [0.15, 0.2) is 18.2 Å². The van der Waals surface area contributed by atoms with Gasteiger partial charge in [0.05, 0.1) is 12.2 Å². The summed E-state index contributed by atoms with van der Waals surface area (Å²) in [5.41, 5.74) is 6.50. The molecular weight excluding hydrogens is 256 g/mol. The number of benzene rings is 1. The summed E-state index contributed by atoms with van der Waals surface area (Å²) in [6, 6.07) is 4.54. The van der Waals surface area contributed by atoms with Crippen LogP contribution in [0.5, 0.6) is 5.75 Å². The molecule has 0 aromatic heterocycles. The Kier molecular flexibility index (Phi) is 4.84. The first-order chi connectivity index (χ1) is 9.63. The van der Waals surface area contributed by atoms with Crippen LogP contribution < -0.4 is 5.73 Å². The first-order valence-electron chi connectivity index (χ1n) is 7.14. The molecule has 5 heteroatoms. The molecule has 1 aromatic rings. The number of nitrogens with two attached hydrogens (primary N) is 1. The van der Waals surface area contributed by atoms with Gasteiger partial charge in [0.2, 0.25) is 0 Å². The molecule has 0 spiro atoms. The van der Waals surface area contributed by atoms with Crippen LogP contribution in [0.25, 0.3) is 0 Å². The first-order valence-corrected chi connectivity index (χ1v) is 7.14. The third kappa shape index (κ3) is 3.22. The maximum atomic E-state index is 12.6. The Bertz CT molecular complexity index is 470. The number of aliphatic hydroxyl groups excluding tert-OH is 1. The smallest absolute Gasteiger partial charge is 0.256 e. The van der Waals surface area contributed by atoms with Crippen LogP contribution in [0.2, 0.25) is 0 Å². The number of hydrogen-bond acceptors (Lipinski definition) is 4. The molecule has 2 rings (SSSR count). The monoisotopic (exact) mass is 278 g/mol. The first kappa shape index (κ1) is 14.7. The Balaban J connectivity index is 2.23. The van der Waals surface area contributed by atoms with Gasteiger partial charge in [-0.15, -0.1) is 0 Å². The zero-order valence-electron chi connectivity index (χ0n) is 11.6. The zero-order chi connectivity index (χ0) is 14.5. The quantitative estimate of drug-likeness (QED) is 0.578. The van der Waals surface area contributed by atoms with Crippen LogP contribution in [-0.4, -0.2) is 40.2 Å². The summed E-state index contributed by atoms with van der Waals surface area (Å²) in [5, 5.41) is 18.7. The number of aliphatic hydroxyl groups is 1. The molecule has 1 aromatic carbocycles. The maximum Gasteiger partial charge on any atom is 0.256 e. The van der Waals surface area contributed by atoms with E-state index in [1.165, 1.54) is 24.6 Å². The van der Waals surface area contributed by atoms with Crippen molar-refractivity contribution >= 4 is 11.6 Å². The molecule has 1 saturated carbocycles. The highest BCUT2D eigenvalue weighted by molar-refractivity contribution is 5.99. The third-order valence-electron chi connectivity index (χ3n) is 3.88. The summed E-state index contributed by atoms with van der Waals surface area (Å²) >= 11 is 0. The van der Waals surface area contributed by atoms with Crippen molar-refractivity contribution in [3.63, 3.8) is 0 Å². The van der Waals surface area contributed by atoms with E-state index in [1.54, 1.807) is 4.90 Å². The Morgan fingerprint density at radius 2 is 2.00 bits per heavy atom. The molecule has 4 N–H and O–H groups in total. The molecule has 0 heterocycles. The fourth-order valence-electron chi connectivity index (χ4n) is 2.83. The molecule has 0 atom stereocenters. The summed E-state index contributed by atoms with van der Waals surface area (Å²) in [7, 11) is 0. The summed E-state index contributed by atoms with van der Waals surface area (Å²) < 4.78 is 0. The van der Waals surface area contributed by atoms with E-state index in [0.29, 0.717) is 17.8 Å². The minimum absolute atomic E-state index is 0.0233. The standard InChI is InChI=1S/C15H22N2O3/c16-14-7-6-12(19)10-13(14)15(20)17(8-9-18)11-4-2-1-3-5-11/h6-7,10-11,18-19H,1-5,8-9,16H2. The summed E-state index contributed by atoms with van der Waals surface area (Å²) in [6.45, 7) is 0.236. The van der Waals surface area contributed by atoms with E-state index >= 15 is 0 Å². The number of aromatic hydroxyl groups is 1. The lowest BCUT2D eigenvalue weighted by Crippen LogP contribution is -2.43. The normalized spacial score (nSPS) is 16.1. The number of carbonyl (C=O) groups excluding carboxylic acids is 1. The Morgan fingerprint density at radius 1 is 1.30 bits per heavy atom. The molecule has 1 amide bonds. The topological polar surface area (TPSA) is 86.8 Å². The van der Waals surface area contributed by atoms with Crippen molar-refractivity contribution in [2.45, 2.75) is 38.1 Å². The van der Waals surface area contributed by atoms with Gasteiger partial charge >= 0.3 is 0 Å². The predicted octanol–water partition coefficient (Wildman–Crippen LogP) is 1.74. The highest BCUT2D eigenvalue weighted by Gasteiger charge is 2.27. The number of nitrogens with zero attached hydrogens (tertiary/aromatic N) is 1. The van der Waals surface area contributed by atoms with Crippen LogP contribution in [0.4, 0.5) is 5.69 Å². The van der Waals surface area contributed by atoms with E-state index in [-0.39, 0.29) is 24.3 Å². The minimum atomic E-state index is -0.209. The molecule has 0 radical (unpaired) electrons. The highest BCUT2D eigenvalue weighted by atomic mass is 16.3. The van der Waals surface area contributed by atoms with E-state index in [1.807, 2.05) is 0 Å². The number of phenols is 1. The summed E-state index contributed by atoms with van der Waals surface area (Å²) in [4.78, 5) is 14.3. The molecular formula is C15H22N2O3. The Hall–Kier alpha value is -1.75. The van der Waals surface area contributed by atoms with Crippen molar-refractivity contribution in [2.75, 3.05) is 18.9 Å². The van der Waals surface area contributed by atoms with Crippen molar-refractivity contribution < 1.29 is 15.0 Å². The highest BCUT2D eigenvalue weighted by Crippen LogP contribution is 2.26. The second-order valence-corrected chi connectivity index (χ2v) is 5.29. The number of phenolic OH excluding ortho intramolecular Hbond substituents is 1. The van der Waals surface area contributed by atoms with E-state index < -0.39 is 0 Å².